The number of ketones is 2. The van der Waals surface area contributed by atoms with Crippen LogP contribution in [0, 0.1) is 12.1 Å². The Morgan fingerprint density at radius 2 is 1.03 bits per heavy atom. The number of carbonyl (C=O) groups excluding carboxylic acids is 2. The van der Waals surface area contributed by atoms with Crippen LogP contribution < -0.4 is 0 Å². The molecule has 2 aromatic carbocycles. The van der Waals surface area contributed by atoms with Gasteiger partial charge in [0.25, 0.3) is 0 Å². The van der Waals surface area contributed by atoms with E-state index in [1.54, 1.807) is 22.7 Å². The third-order valence-electron chi connectivity index (χ3n) is 4.99. The van der Waals surface area contributed by atoms with E-state index in [1.165, 1.54) is 34.0 Å². The van der Waals surface area contributed by atoms with Crippen LogP contribution in [-0.2, 0) is 29.7 Å². The predicted molar refractivity (Wildman–Crippen MR) is 154 cm³/mol. The van der Waals surface area contributed by atoms with Gasteiger partial charge < -0.3 is 9.97 Å². The van der Waals surface area contributed by atoms with Gasteiger partial charge in [0, 0.05) is 43.9 Å². The number of fused-ring (bicyclic) bond motifs is 2. The molecule has 1 radical (unpaired) electrons. The average Bonchev–Trinajstić information content (AvgIpc) is 3.54. The number of benzene rings is 2. The van der Waals surface area contributed by atoms with Crippen LogP contribution >= 0.6 is 22.7 Å². The van der Waals surface area contributed by atoms with Gasteiger partial charge in [-0.1, -0.05) is 48.5 Å². The fourth-order valence-corrected chi connectivity index (χ4v) is 5.37. The van der Waals surface area contributed by atoms with Crippen molar-refractivity contribution in [3.05, 3.63) is 109 Å². The summed E-state index contributed by atoms with van der Waals surface area (Å²) in [6, 6.07) is 35.2. The second-order valence-corrected chi connectivity index (χ2v) is 10.2. The summed E-state index contributed by atoms with van der Waals surface area (Å²) >= 11 is 3.46. The summed E-state index contributed by atoms with van der Waals surface area (Å²) in [5.74, 6) is -0.125. The van der Waals surface area contributed by atoms with Crippen LogP contribution in [0.4, 0.5) is 0 Å². The second-order valence-electron chi connectivity index (χ2n) is 8.12. The molecule has 4 aromatic heterocycles. The summed E-state index contributed by atoms with van der Waals surface area (Å²) in [5, 5.41) is 2.34. The van der Waals surface area contributed by atoms with Crippen molar-refractivity contribution in [2.45, 2.75) is 20.3 Å². The third kappa shape index (κ3) is 8.33. The number of thiophene rings is 2. The molecular weight excluding hydrogens is 689 g/mol. The zero-order chi connectivity index (χ0) is 26.0. The van der Waals surface area contributed by atoms with Crippen LogP contribution in [0.5, 0.6) is 0 Å². The molecule has 4 nitrogen and oxygen atoms in total. The fourth-order valence-electron chi connectivity index (χ4n) is 3.41. The number of nitrogens with zero attached hydrogens (tertiary/aromatic N) is 2. The summed E-state index contributed by atoms with van der Waals surface area (Å²) in [6.07, 6.45) is 3.71. The Morgan fingerprint density at radius 3 is 1.34 bits per heavy atom. The first kappa shape index (κ1) is 29.2. The minimum atomic E-state index is -0.0625. The molecule has 0 unspecified atom stereocenters. The smallest absolute Gasteiger partial charge is 0.137 e. The molecule has 0 atom stereocenters. The molecule has 0 aliphatic carbocycles. The molecule has 0 bridgehead atoms. The Morgan fingerprint density at radius 1 is 0.632 bits per heavy atom. The number of rotatable bonds is 4. The van der Waals surface area contributed by atoms with Gasteiger partial charge in [-0.25, -0.2) is 22.7 Å². The summed E-state index contributed by atoms with van der Waals surface area (Å²) in [4.78, 5) is 30.9. The number of aromatic nitrogens is 2. The van der Waals surface area contributed by atoms with Crippen molar-refractivity contribution in [1.82, 2.24) is 9.97 Å². The van der Waals surface area contributed by atoms with Crippen LogP contribution in [0.25, 0.3) is 41.3 Å². The van der Waals surface area contributed by atoms with E-state index in [0.717, 1.165) is 21.1 Å². The number of pyridine rings is 2. The molecule has 4 heterocycles. The monoisotopic (exact) mass is 713 g/mol. The topological polar surface area (TPSA) is 59.9 Å². The SMILES string of the molecule is CC(=O)CC(C)=O.[Ir].[c-]1c(-c2ccccn2)sc2ccccc12.[c-]1c(-c2ccccn2)sc2ccccc12. The van der Waals surface area contributed by atoms with E-state index in [0.29, 0.717) is 0 Å². The average molecular weight is 713 g/mol. The molecule has 0 amide bonds. The van der Waals surface area contributed by atoms with E-state index in [1.807, 2.05) is 60.9 Å². The van der Waals surface area contributed by atoms with Crippen molar-refractivity contribution < 1.29 is 29.7 Å². The quantitative estimate of drug-likeness (QED) is 0.137. The van der Waals surface area contributed by atoms with Crippen molar-refractivity contribution in [2.75, 3.05) is 0 Å². The minimum absolute atomic E-state index is 0. The summed E-state index contributed by atoms with van der Waals surface area (Å²) < 4.78 is 2.52. The predicted octanol–water partition coefficient (Wildman–Crippen LogP) is 8.08. The minimum Gasteiger partial charge on any atom is -0.303 e. The Balaban J connectivity index is 0.000000167. The zero-order valence-electron chi connectivity index (χ0n) is 20.8. The molecule has 0 spiro atoms. The van der Waals surface area contributed by atoms with Gasteiger partial charge in [-0.3, -0.25) is 9.59 Å². The van der Waals surface area contributed by atoms with E-state index in [2.05, 4.69) is 58.5 Å². The molecule has 0 fully saturated rings. The molecule has 6 rings (SSSR count). The molecule has 38 heavy (non-hydrogen) atoms. The van der Waals surface area contributed by atoms with Crippen molar-refractivity contribution in [3.8, 4) is 21.1 Å². The van der Waals surface area contributed by atoms with Gasteiger partial charge in [0.1, 0.15) is 11.6 Å². The van der Waals surface area contributed by atoms with Gasteiger partial charge in [0.2, 0.25) is 0 Å². The van der Waals surface area contributed by atoms with Gasteiger partial charge in [0.05, 0.1) is 6.42 Å². The molecular formula is C31H24IrN2O2S2-2. The van der Waals surface area contributed by atoms with Crippen LogP contribution in [-0.4, -0.2) is 21.5 Å². The fraction of sp³-hybridized carbons (Fsp3) is 0.0968. The summed E-state index contributed by atoms with van der Waals surface area (Å²) in [6.45, 7) is 2.81. The van der Waals surface area contributed by atoms with Gasteiger partial charge in [-0.15, -0.1) is 47.2 Å². The summed E-state index contributed by atoms with van der Waals surface area (Å²) in [5.41, 5.74) is 2.00. The first-order valence-corrected chi connectivity index (χ1v) is 13.3. The Kier molecular flexibility index (Phi) is 11.2. The number of Topliss-reactive ketones (excluding diaryl/α,β-unsaturated/α-hetero) is 2. The van der Waals surface area contributed by atoms with Gasteiger partial charge in [0.15, 0.2) is 0 Å². The van der Waals surface area contributed by atoms with Crippen molar-refractivity contribution in [3.63, 3.8) is 0 Å². The maximum Gasteiger partial charge on any atom is 0.137 e. The van der Waals surface area contributed by atoms with Gasteiger partial charge >= 0.3 is 0 Å². The Labute approximate surface area is 243 Å². The van der Waals surface area contributed by atoms with Crippen molar-refractivity contribution in [2.24, 2.45) is 0 Å². The van der Waals surface area contributed by atoms with Gasteiger partial charge in [-0.2, -0.15) is 0 Å². The van der Waals surface area contributed by atoms with Crippen LogP contribution in [0.3, 0.4) is 0 Å². The van der Waals surface area contributed by atoms with Crippen molar-refractivity contribution >= 4 is 54.4 Å². The maximum atomic E-state index is 10.0. The molecule has 0 saturated heterocycles. The molecule has 193 valence electrons. The van der Waals surface area contributed by atoms with E-state index in [-0.39, 0.29) is 38.1 Å². The normalized spacial score (nSPS) is 9.95. The van der Waals surface area contributed by atoms with E-state index >= 15 is 0 Å². The molecule has 0 saturated carbocycles. The van der Waals surface area contributed by atoms with Crippen LogP contribution in [0.2, 0.25) is 0 Å². The first-order valence-electron chi connectivity index (χ1n) is 11.6. The second kappa shape index (κ2) is 14.6. The number of hydrogen-bond donors (Lipinski definition) is 0. The van der Waals surface area contributed by atoms with Crippen LogP contribution in [0.1, 0.15) is 20.3 Å². The molecule has 0 aliphatic heterocycles. The van der Waals surface area contributed by atoms with Gasteiger partial charge in [-0.05, 0) is 45.1 Å². The standard InChI is InChI=1S/2C13H8NS.C5H8O2.Ir/c2*1-2-7-12-10(5-1)9-13(15-12)11-6-3-4-8-14-11;1-4(6)3-5(2)7;/h2*1-8H;3H2,1-2H3;/q2*-1;;. The van der Waals surface area contributed by atoms with E-state index in [9.17, 15) is 9.59 Å². The summed E-state index contributed by atoms with van der Waals surface area (Å²) in [7, 11) is 0. The largest absolute Gasteiger partial charge is 0.303 e. The molecule has 7 heteroatoms. The third-order valence-corrected chi connectivity index (χ3v) is 7.17. The van der Waals surface area contributed by atoms with E-state index in [4.69, 9.17) is 0 Å². The van der Waals surface area contributed by atoms with Crippen LogP contribution in [0.15, 0.2) is 97.3 Å². The first-order chi connectivity index (χ1) is 18.0. The zero-order valence-corrected chi connectivity index (χ0v) is 24.8. The molecule has 0 N–H and O–H groups in total. The molecule has 6 aromatic rings. The maximum absolute atomic E-state index is 10.0. The number of hydrogen-bond acceptors (Lipinski definition) is 6. The Bertz CT molecular complexity index is 1430. The van der Waals surface area contributed by atoms with Crippen molar-refractivity contribution in [1.29, 1.82) is 0 Å². The number of carbonyl (C=O) groups is 2. The Hall–Kier alpha value is -3.35. The van der Waals surface area contributed by atoms with E-state index < -0.39 is 0 Å². The molecule has 0 aliphatic rings.